The molecule has 0 unspecified atom stereocenters. The number of aldehydes is 1. The summed E-state index contributed by atoms with van der Waals surface area (Å²) < 4.78 is 9.68. The maximum atomic E-state index is 11.8. The van der Waals surface area contributed by atoms with Crippen LogP contribution < -0.4 is 5.32 Å². The molecular formula is C17H15NO5. The SMILES string of the molecule is COC(=O)c1cc(C=O)cc(NC(=O)OCc2ccccc2)c1. The first-order valence-corrected chi connectivity index (χ1v) is 6.78. The van der Waals surface area contributed by atoms with Gasteiger partial charge in [0.2, 0.25) is 0 Å². The first-order valence-electron chi connectivity index (χ1n) is 6.78. The van der Waals surface area contributed by atoms with Gasteiger partial charge in [-0.15, -0.1) is 0 Å². The number of carbonyl (C=O) groups excluding carboxylic acids is 3. The van der Waals surface area contributed by atoms with Crippen molar-refractivity contribution in [3.63, 3.8) is 0 Å². The van der Waals surface area contributed by atoms with Gasteiger partial charge in [0.25, 0.3) is 0 Å². The maximum Gasteiger partial charge on any atom is 0.411 e. The van der Waals surface area contributed by atoms with Crippen molar-refractivity contribution in [2.75, 3.05) is 12.4 Å². The molecule has 2 rings (SSSR count). The Bertz CT molecular complexity index is 712. The predicted octanol–water partition coefficient (Wildman–Crippen LogP) is 3.03. The quantitative estimate of drug-likeness (QED) is 0.678. The number of amides is 1. The molecule has 0 fully saturated rings. The molecule has 6 heteroatoms. The number of carbonyl (C=O) groups is 3. The molecule has 2 aromatic rings. The third-order valence-electron chi connectivity index (χ3n) is 2.97. The van der Waals surface area contributed by atoms with Crippen molar-refractivity contribution in [3.8, 4) is 0 Å². The molecule has 0 aliphatic carbocycles. The van der Waals surface area contributed by atoms with Crippen molar-refractivity contribution in [2.24, 2.45) is 0 Å². The summed E-state index contributed by atoms with van der Waals surface area (Å²) in [6, 6.07) is 13.4. The second kappa shape index (κ2) is 7.74. The van der Waals surface area contributed by atoms with Crippen molar-refractivity contribution in [1.82, 2.24) is 0 Å². The van der Waals surface area contributed by atoms with Crippen LogP contribution in [0.1, 0.15) is 26.3 Å². The zero-order valence-electron chi connectivity index (χ0n) is 12.4. The van der Waals surface area contributed by atoms with Crippen LogP contribution >= 0.6 is 0 Å². The molecule has 6 nitrogen and oxygen atoms in total. The molecule has 0 radical (unpaired) electrons. The molecule has 1 amide bonds. The van der Waals surface area contributed by atoms with E-state index in [2.05, 4.69) is 10.1 Å². The first-order chi connectivity index (χ1) is 11.1. The van der Waals surface area contributed by atoms with E-state index in [4.69, 9.17) is 4.74 Å². The molecule has 0 aliphatic rings. The minimum atomic E-state index is -0.687. The van der Waals surface area contributed by atoms with Crippen LogP contribution in [0, 0.1) is 0 Å². The summed E-state index contributed by atoms with van der Waals surface area (Å²) in [4.78, 5) is 34.3. The van der Waals surface area contributed by atoms with Gasteiger partial charge in [-0.25, -0.2) is 9.59 Å². The van der Waals surface area contributed by atoms with Gasteiger partial charge < -0.3 is 9.47 Å². The smallest absolute Gasteiger partial charge is 0.411 e. The van der Waals surface area contributed by atoms with Crippen LogP contribution in [0.2, 0.25) is 0 Å². The number of benzene rings is 2. The van der Waals surface area contributed by atoms with Gasteiger partial charge in [-0.05, 0) is 23.8 Å². The zero-order valence-corrected chi connectivity index (χ0v) is 12.4. The largest absolute Gasteiger partial charge is 0.465 e. The number of methoxy groups -OCH3 is 1. The van der Waals surface area contributed by atoms with Crippen LogP contribution in [0.15, 0.2) is 48.5 Å². The van der Waals surface area contributed by atoms with Crippen LogP contribution in [0.5, 0.6) is 0 Å². The number of nitrogens with one attached hydrogen (secondary N) is 1. The number of ether oxygens (including phenoxy) is 2. The maximum absolute atomic E-state index is 11.8. The molecule has 23 heavy (non-hydrogen) atoms. The fourth-order valence-corrected chi connectivity index (χ4v) is 1.90. The Morgan fingerprint density at radius 1 is 1.13 bits per heavy atom. The molecule has 0 saturated heterocycles. The number of anilines is 1. The number of hydrogen-bond donors (Lipinski definition) is 1. The fourth-order valence-electron chi connectivity index (χ4n) is 1.90. The summed E-state index contributed by atoms with van der Waals surface area (Å²) in [6.45, 7) is 0.115. The summed E-state index contributed by atoms with van der Waals surface area (Å²) >= 11 is 0. The monoisotopic (exact) mass is 313 g/mol. The van der Waals surface area contributed by atoms with E-state index in [0.717, 1.165) is 5.56 Å². The highest BCUT2D eigenvalue weighted by Crippen LogP contribution is 2.15. The highest BCUT2D eigenvalue weighted by molar-refractivity contribution is 5.95. The molecule has 0 spiro atoms. The van der Waals surface area contributed by atoms with E-state index in [1.54, 1.807) is 0 Å². The van der Waals surface area contributed by atoms with Crippen molar-refractivity contribution >= 4 is 24.0 Å². The molecule has 0 aromatic heterocycles. The zero-order chi connectivity index (χ0) is 16.7. The van der Waals surface area contributed by atoms with E-state index in [-0.39, 0.29) is 23.4 Å². The van der Waals surface area contributed by atoms with Gasteiger partial charge >= 0.3 is 12.1 Å². The standard InChI is InChI=1S/C17H15NO5/c1-22-16(20)14-7-13(10-19)8-15(9-14)18-17(21)23-11-12-5-3-2-4-6-12/h2-10H,11H2,1H3,(H,18,21). The lowest BCUT2D eigenvalue weighted by Gasteiger charge is -2.09. The van der Waals surface area contributed by atoms with Crippen LogP contribution in [-0.4, -0.2) is 25.5 Å². The average molecular weight is 313 g/mol. The van der Waals surface area contributed by atoms with E-state index in [0.29, 0.717) is 6.29 Å². The Labute approximate surface area is 133 Å². The normalized spacial score (nSPS) is 9.78. The lowest BCUT2D eigenvalue weighted by molar-refractivity contribution is 0.0600. The third kappa shape index (κ3) is 4.67. The highest BCUT2D eigenvalue weighted by Gasteiger charge is 2.11. The second-order valence-corrected chi connectivity index (χ2v) is 4.64. The second-order valence-electron chi connectivity index (χ2n) is 4.64. The predicted molar refractivity (Wildman–Crippen MR) is 83.4 cm³/mol. The summed E-state index contributed by atoms with van der Waals surface area (Å²) in [7, 11) is 1.23. The minimum absolute atomic E-state index is 0.115. The minimum Gasteiger partial charge on any atom is -0.465 e. The Balaban J connectivity index is 2.05. The van der Waals surface area contributed by atoms with Gasteiger partial charge in [0.15, 0.2) is 0 Å². The Hall–Kier alpha value is -3.15. The van der Waals surface area contributed by atoms with Crippen molar-refractivity contribution in [2.45, 2.75) is 6.61 Å². The van der Waals surface area contributed by atoms with Gasteiger partial charge in [-0.2, -0.15) is 0 Å². The molecule has 0 bridgehead atoms. The topological polar surface area (TPSA) is 81.7 Å². The Morgan fingerprint density at radius 2 is 1.87 bits per heavy atom. The van der Waals surface area contributed by atoms with Crippen LogP contribution in [-0.2, 0) is 16.1 Å². The van der Waals surface area contributed by atoms with Crippen LogP contribution in [0.3, 0.4) is 0 Å². The average Bonchev–Trinajstić information content (AvgIpc) is 2.59. The number of rotatable bonds is 5. The number of esters is 1. The van der Waals surface area contributed by atoms with Gasteiger partial charge in [0.05, 0.1) is 12.7 Å². The molecule has 0 saturated carbocycles. The van der Waals surface area contributed by atoms with Crippen LogP contribution in [0.25, 0.3) is 0 Å². The summed E-state index contributed by atoms with van der Waals surface area (Å²) in [5.41, 5.74) is 1.52. The molecule has 2 aromatic carbocycles. The van der Waals surface area contributed by atoms with Crippen LogP contribution in [0.4, 0.5) is 10.5 Å². The van der Waals surface area contributed by atoms with Crippen molar-refractivity contribution < 1.29 is 23.9 Å². The summed E-state index contributed by atoms with van der Waals surface area (Å²) in [5, 5.41) is 2.48. The first kappa shape index (κ1) is 16.2. The van der Waals surface area contributed by atoms with E-state index >= 15 is 0 Å². The molecule has 1 N–H and O–H groups in total. The Kier molecular flexibility index (Phi) is 5.46. The highest BCUT2D eigenvalue weighted by atomic mass is 16.5. The van der Waals surface area contributed by atoms with Gasteiger partial charge in [0, 0.05) is 11.3 Å². The van der Waals surface area contributed by atoms with E-state index in [1.807, 2.05) is 30.3 Å². The fraction of sp³-hybridized carbons (Fsp3) is 0.118. The third-order valence-corrected chi connectivity index (χ3v) is 2.97. The lowest BCUT2D eigenvalue weighted by Crippen LogP contribution is -2.14. The summed E-state index contributed by atoms with van der Waals surface area (Å²) in [6.07, 6.45) is -0.111. The van der Waals surface area contributed by atoms with Crippen molar-refractivity contribution in [1.29, 1.82) is 0 Å². The Morgan fingerprint density at radius 3 is 2.52 bits per heavy atom. The van der Waals surface area contributed by atoms with Gasteiger partial charge in [0.1, 0.15) is 12.9 Å². The number of hydrogen-bond acceptors (Lipinski definition) is 5. The molecule has 0 atom stereocenters. The lowest BCUT2D eigenvalue weighted by atomic mass is 10.1. The van der Waals surface area contributed by atoms with E-state index < -0.39 is 12.1 Å². The van der Waals surface area contributed by atoms with E-state index in [1.165, 1.54) is 25.3 Å². The summed E-state index contributed by atoms with van der Waals surface area (Å²) in [5.74, 6) is -0.602. The molecule has 118 valence electrons. The molecule has 0 aliphatic heterocycles. The molecular weight excluding hydrogens is 298 g/mol. The van der Waals surface area contributed by atoms with Gasteiger partial charge in [-0.1, -0.05) is 30.3 Å². The van der Waals surface area contributed by atoms with Crippen molar-refractivity contribution in [3.05, 3.63) is 65.2 Å². The van der Waals surface area contributed by atoms with Gasteiger partial charge in [-0.3, -0.25) is 10.1 Å². The molecule has 0 heterocycles. The van der Waals surface area contributed by atoms with E-state index in [9.17, 15) is 14.4 Å².